The van der Waals surface area contributed by atoms with Gasteiger partial charge in [-0.1, -0.05) is 46.9 Å². The van der Waals surface area contributed by atoms with Crippen LogP contribution in [0.25, 0.3) is 11.0 Å². The van der Waals surface area contributed by atoms with Crippen molar-refractivity contribution >= 4 is 57.4 Å². The van der Waals surface area contributed by atoms with Crippen LogP contribution in [-0.4, -0.2) is 5.91 Å². The van der Waals surface area contributed by atoms with Crippen molar-refractivity contribution in [2.45, 2.75) is 6.04 Å². The minimum absolute atomic E-state index is 0.0459. The molecule has 1 atom stereocenters. The molecule has 0 saturated heterocycles. The molecule has 1 aliphatic heterocycles. The summed E-state index contributed by atoms with van der Waals surface area (Å²) in [5.74, 6) is -1.21. The predicted octanol–water partition coefficient (Wildman–Crippen LogP) is 6.64. The standard InChI is InChI=1S/C23H11Cl3FNO3/c24-12-2-1-3-14(9-12)28-20(11-4-6-16(25)17(26)8-11)19-21(29)15-10-13(27)5-7-18(15)31-22(19)23(28)30/h1-10,20H. The van der Waals surface area contributed by atoms with Crippen LogP contribution in [0, 0.1) is 5.82 Å². The summed E-state index contributed by atoms with van der Waals surface area (Å²) < 4.78 is 19.6. The van der Waals surface area contributed by atoms with Gasteiger partial charge in [-0.15, -0.1) is 0 Å². The third-order valence-corrected chi connectivity index (χ3v) is 6.15. The van der Waals surface area contributed by atoms with Crippen LogP contribution in [0.4, 0.5) is 10.1 Å². The molecule has 0 spiro atoms. The molecule has 31 heavy (non-hydrogen) atoms. The fourth-order valence-corrected chi connectivity index (χ4v) is 4.33. The van der Waals surface area contributed by atoms with Crippen LogP contribution >= 0.6 is 34.8 Å². The Labute approximate surface area is 190 Å². The third kappa shape index (κ3) is 3.21. The summed E-state index contributed by atoms with van der Waals surface area (Å²) >= 11 is 18.4. The molecule has 1 aliphatic rings. The molecule has 1 unspecified atom stereocenters. The van der Waals surface area contributed by atoms with Crippen molar-refractivity contribution in [1.29, 1.82) is 0 Å². The first-order valence-electron chi connectivity index (χ1n) is 9.15. The second kappa shape index (κ2) is 7.38. The first kappa shape index (κ1) is 20.1. The molecule has 0 aliphatic carbocycles. The summed E-state index contributed by atoms with van der Waals surface area (Å²) in [6.07, 6.45) is 0. The lowest BCUT2D eigenvalue weighted by Gasteiger charge is -2.25. The summed E-state index contributed by atoms with van der Waals surface area (Å²) in [6, 6.07) is 14.3. The van der Waals surface area contributed by atoms with Crippen LogP contribution in [0.2, 0.25) is 15.1 Å². The molecular weight excluding hydrogens is 464 g/mol. The SMILES string of the molecule is O=C1c2oc3ccc(F)cc3c(=O)c2C(c2ccc(Cl)c(Cl)c2)N1c1cccc(Cl)c1. The van der Waals surface area contributed by atoms with E-state index in [1.807, 2.05) is 0 Å². The first-order chi connectivity index (χ1) is 14.8. The van der Waals surface area contributed by atoms with E-state index in [0.717, 1.165) is 6.07 Å². The number of benzene rings is 3. The maximum Gasteiger partial charge on any atom is 0.295 e. The van der Waals surface area contributed by atoms with E-state index in [9.17, 15) is 14.0 Å². The number of fused-ring (bicyclic) bond motifs is 2. The molecule has 0 fully saturated rings. The van der Waals surface area contributed by atoms with Gasteiger partial charge in [-0.3, -0.25) is 14.5 Å². The Balaban J connectivity index is 1.84. The Bertz CT molecular complexity index is 1450. The Hall–Kier alpha value is -2.86. The zero-order chi connectivity index (χ0) is 21.9. The number of anilines is 1. The molecule has 5 rings (SSSR count). The lowest BCUT2D eigenvalue weighted by atomic mass is 9.98. The predicted molar refractivity (Wildman–Crippen MR) is 119 cm³/mol. The van der Waals surface area contributed by atoms with E-state index in [-0.39, 0.29) is 27.3 Å². The number of hydrogen-bond donors (Lipinski definition) is 0. The maximum absolute atomic E-state index is 13.8. The molecule has 154 valence electrons. The molecule has 8 heteroatoms. The highest BCUT2D eigenvalue weighted by Crippen LogP contribution is 2.42. The van der Waals surface area contributed by atoms with Gasteiger partial charge in [-0.05, 0) is 54.1 Å². The molecule has 0 saturated carbocycles. The topological polar surface area (TPSA) is 50.5 Å². The van der Waals surface area contributed by atoms with Crippen molar-refractivity contribution in [2.24, 2.45) is 0 Å². The van der Waals surface area contributed by atoms with Crippen LogP contribution in [0.15, 0.2) is 69.9 Å². The first-order valence-corrected chi connectivity index (χ1v) is 10.3. The van der Waals surface area contributed by atoms with Crippen LogP contribution < -0.4 is 10.3 Å². The number of carbonyl (C=O) groups is 1. The number of amides is 1. The number of rotatable bonds is 2. The molecule has 2 heterocycles. The summed E-state index contributed by atoms with van der Waals surface area (Å²) in [5, 5.41) is 1.06. The second-order valence-corrected chi connectivity index (χ2v) is 8.30. The monoisotopic (exact) mass is 473 g/mol. The van der Waals surface area contributed by atoms with Gasteiger partial charge in [0.15, 0.2) is 5.43 Å². The maximum atomic E-state index is 13.8. The van der Waals surface area contributed by atoms with E-state index in [0.29, 0.717) is 21.3 Å². The van der Waals surface area contributed by atoms with Gasteiger partial charge in [0.2, 0.25) is 5.76 Å². The van der Waals surface area contributed by atoms with Gasteiger partial charge >= 0.3 is 0 Å². The molecule has 0 N–H and O–H groups in total. The zero-order valence-corrected chi connectivity index (χ0v) is 17.8. The molecule has 0 radical (unpaired) electrons. The quantitative estimate of drug-likeness (QED) is 0.327. The normalized spacial score (nSPS) is 15.5. The highest BCUT2D eigenvalue weighted by atomic mass is 35.5. The van der Waals surface area contributed by atoms with E-state index in [1.165, 1.54) is 17.0 Å². The van der Waals surface area contributed by atoms with Crippen LogP contribution in [0.5, 0.6) is 0 Å². The van der Waals surface area contributed by atoms with Crippen molar-refractivity contribution in [1.82, 2.24) is 0 Å². The van der Waals surface area contributed by atoms with Crippen molar-refractivity contribution in [3.63, 3.8) is 0 Å². The minimum Gasteiger partial charge on any atom is -0.450 e. The smallest absolute Gasteiger partial charge is 0.295 e. The summed E-state index contributed by atoms with van der Waals surface area (Å²) in [6.45, 7) is 0. The van der Waals surface area contributed by atoms with E-state index in [1.54, 1.807) is 42.5 Å². The van der Waals surface area contributed by atoms with Gasteiger partial charge in [-0.25, -0.2) is 4.39 Å². The van der Waals surface area contributed by atoms with E-state index in [4.69, 9.17) is 39.2 Å². The molecule has 1 amide bonds. The van der Waals surface area contributed by atoms with Crippen molar-refractivity contribution in [2.75, 3.05) is 4.90 Å². The van der Waals surface area contributed by atoms with Gasteiger partial charge in [-0.2, -0.15) is 0 Å². The molecule has 4 aromatic rings. The van der Waals surface area contributed by atoms with Gasteiger partial charge in [0.05, 0.1) is 27.0 Å². The fourth-order valence-electron chi connectivity index (χ4n) is 3.84. The lowest BCUT2D eigenvalue weighted by Crippen LogP contribution is -2.29. The van der Waals surface area contributed by atoms with E-state index < -0.39 is 23.2 Å². The molecular formula is C23H11Cl3FNO3. The summed E-state index contributed by atoms with van der Waals surface area (Å²) in [4.78, 5) is 28.2. The Morgan fingerprint density at radius 2 is 1.71 bits per heavy atom. The van der Waals surface area contributed by atoms with E-state index >= 15 is 0 Å². The number of halogens is 4. The number of carbonyl (C=O) groups excluding carboxylic acids is 1. The van der Waals surface area contributed by atoms with Crippen molar-refractivity contribution < 1.29 is 13.6 Å². The molecule has 4 nitrogen and oxygen atoms in total. The Morgan fingerprint density at radius 3 is 2.45 bits per heavy atom. The van der Waals surface area contributed by atoms with Gasteiger partial charge in [0, 0.05) is 10.7 Å². The van der Waals surface area contributed by atoms with Crippen molar-refractivity contribution in [3.8, 4) is 0 Å². The molecule has 3 aromatic carbocycles. The highest BCUT2D eigenvalue weighted by Gasteiger charge is 2.43. The lowest BCUT2D eigenvalue weighted by molar-refractivity contribution is 0.0971. The Kier molecular flexibility index (Phi) is 4.77. The average molecular weight is 475 g/mol. The number of nitrogens with zero attached hydrogens (tertiary/aromatic N) is 1. The molecule has 0 bridgehead atoms. The zero-order valence-electron chi connectivity index (χ0n) is 15.5. The largest absolute Gasteiger partial charge is 0.450 e. The second-order valence-electron chi connectivity index (χ2n) is 7.05. The van der Waals surface area contributed by atoms with Crippen LogP contribution in [-0.2, 0) is 0 Å². The number of hydrogen-bond acceptors (Lipinski definition) is 3. The van der Waals surface area contributed by atoms with Gasteiger partial charge in [0.1, 0.15) is 11.4 Å². The summed E-state index contributed by atoms with van der Waals surface area (Å²) in [7, 11) is 0. The van der Waals surface area contributed by atoms with E-state index in [2.05, 4.69) is 0 Å². The van der Waals surface area contributed by atoms with Gasteiger partial charge in [0.25, 0.3) is 5.91 Å². The van der Waals surface area contributed by atoms with Crippen LogP contribution in [0.1, 0.15) is 27.7 Å². The Morgan fingerprint density at radius 1 is 0.903 bits per heavy atom. The van der Waals surface area contributed by atoms with Crippen LogP contribution in [0.3, 0.4) is 0 Å². The van der Waals surface area contributed by atoms with Crippen molar-refractivity contribution in [3.05, 3.63) is 109 Å². The fraction of sp³-hybridized carbons (Fsp3) is 0.0435. The summed E-state index contributed by atoms with van der Waals surface area (Å²) in [5.41, 5.74) is 0.740. The third-order valence-electron chi connectivity index (χ3n) is 5.18. The van der Waals surface area contributed by atoms with Gasteiger partial charge < -0.3 is 4.42 Å². The highest BCUT2D eigenvalue weighted by molar-refractivity contribution is 6.42. The minimum atomic E-state index is -0.861. The molecule has 1 aromatic heterocycles. The average Bonchev–Trinajstić information content (AvgIpc) is 3.03.